The molecule has 2 rings (SSSR count). The number of rotatable bonds is 2. The number of benzene rings is 1. The van der Waals surface area contributed by atoms with Crippen molar-refractivity contribution in [1.29, 1.82) is 0 Å². The molecule has 1 aliphatic rings. The summed E-state index contributed by atoms with van der Waals surface area (Å²) >= 11 is 0. The third-order valence-corrected chi connectivity index (χ3v) is 3.10. The number of halogens is 1. The molecule has 0 bridgehead atoms. The van der Waals surface area contributed by atoms with Crippen LogP contribution in [-0.4, -0.2) is 17.6 Å². The zero-order chi connectivity index (χ0) is 16.5. The molecule has 0 fully saturated rings. The van der Waals surface area contributed by atoms with Gasteiger partial charge in [-0.25, -0.2) is 14.0 Å². The second-order valence-electron chi connectivity index (χ2n) is 6.09. The molecule has 22 heavy (non-hydrogen) atoms. The van der Waals surface area contributed by atoms with Crippen molar-refractivity contribution in [2.75, 3.05) is 0 Å². The summed E-state index contributed by atoms with van der Waals surface area (Å²) < 4.78 is 19.4. The molecule has 0 radical (unpaired) electrons. The minimum absolute atomic E-state index is 0.194. The third-order valence-electron chi connectivity index (χ3n) is 3.10. The molecule has 1 unspecified atom stereocenters. The highest BCUT2D eigenvalue weighted by molar-refractivity contribution is 5.95. The maximum Gasteiger partial charge on any atom is 0.338 e. The Bertz CT molecular complexity index is 647. The molecule has 0 saturated carbocycles. The molecule has 2 N–H and O–H groups in total. The fourth-order valence-electron chi connectivity index (χ4n) is 2.24. The topological polar surface area (TPSA) is 67.4 Å². The van der Waals surface area contributed by atoms with Crippen LogP contribution in [0.2, 0.25) is 0 Å². The third kappa shape index (κ3) is 3.44. The highest BCUT2D eigenvalue weighted by Gasteiger charge is 2.35. The van der Waals surface area contributed by atoms with Gasteiger partial charge in [-0.3, -0.25) is 0 Å². The summed E-state index contributed by atoms with van der Waals surface area (Å²) in [6.45, 7) is 6.82. The average Bonchev–Trinajstić information content (AvgIpc) is 2.35. The highest BCUT2D eigenvalue weighted by Crippen LogP contribution is 2.30. The number of allylic oxidation sites excluding steroid dienone is 1. The Morgan fingerprint density at radius 1 is 1.27 bits per heavy atom. The van der Waals surface area contributed by atoms with Gasteiger partial charge >= 0.3 is 12.0 Å². The van der Waals surface area contributed by atoms with E-state index in [-0.39, 0.29) is 11.1 Å². The Hall–Kier alpha value is -2.37. The number of urea groups is 1. The minimum atomic E-state index is -0.884. The van der Waals surface area contributed by atoms with Gasteiger partial charge in [0.15, 0.2) is 0 Å². The summed E-state index contributed by atoms with van der Waals surface area (Å²) in [6.07, 6.45) is 0. The molecule has 0 aliphatic carbocycles. The maximum absolute atomic E-state index is 14.1. The Balaban J connectivity index is 2.46. The summed E-state index contributed by atoms with van der Waals surface area (Å²) in [5.41, 5.74) is 0.0782. The lowest BCUT2D eigenvalue weighted by Gasteiger charge is -2.30. The predicted molar refractivity (Wildman–Crippen MR) is 79.4 cm³/mol. The number of hydrogen-bond acceptors (Lipinski definition) is 3. The van der Waals surface area contributed by atoms with E-state index < -0.39 is 29.5 Å². The summed E-state index contributed by atoms with van der Waals surface area (Å²) in [4.78, 5) is 24.1. The van der Waals surface area contributed by atoms with Crippen LogP contribution in [0.15, 0.2) is 35.5 Å². The minimum Gasteiger partial charge on any atom is -0.456 e. The van der Waals surface area contributed by atoms with E-state index >= 15 is 0 Å². The van der Waals surface area contributed by atoms with E-state index in [2.05, 4.69) is 10.6 Å². The number of amides is 2. The van der Waals surface area contributed by atoms with Gasteiger partial charge in [0.25, 0.3) is 0 Å². The van der Waals surface area contributed by atoms with Crippen LogP contribution in [0.4, 0.5) is 9.18 Å². The lowest BCUT2D eigenvalue weighted by atomic mass is 9.95. The molecule has 1 atom stereocenters. The summed E-state index contributed by atoms with van der Waals surface area (Å²) in [6, 6.07) is 4.64. The summed E-state index contributed by atoms with van der Waals surface area (Å²) in [7, 11) is 0. The summed E-state index contributed by atoms with van der Waals surface area (Å²) in [5.74, 6) is -1.09. The number of esters is 1. The molecule has 1 aliphatic heterocycles. The molecular weight excluding hydrogens is 287 g/mol. The predicted octanol–water partition coefficient (Wildman–Crippen LogP) is 2.80. The smallest absolute Gasteiger partial charge is 0.338 e. The Morgan fingerprint density at radius 2 is 1.91 bits per heavy atom. The molecule has 1 aromatic rings. The van der Waals surface area contributed by atoms with E-state index in [1.54, 1.807) is 39.8 Å². The summed E-state index contributed by atoms with van der Waals surface area (Å²) in [5, 5.41) is 5.09. The second kappa shape index (κ2) is 5.79. The molecule has 118 valence electrons. The van der Waals surface area contributed by atoms with E-state index in [1.807, 2.05) is 0 Å². The van der Waals surface area contributed by atoms with Gasteiger partial charge < -0.3 is 15.4 Å². The van der Waals surface area contributed by atoms with Gasteiger partial charge in [-0.1, -0.05) is 18.2 Å². The van der Waals surface area contributed by atoms with Crippen LogP contribution in [0.25, 0.3) is 0 Å². The van der Waals surface area contributed by atoms with Crippen LogP contribution in [-0.2, 0) is 9.53 Å². The average molecular weight is 306 g/mol. The van der Waals surface area contributed by atoms with Gasteiger partial charge in [-0.2, -0.15) is 0 Å². The highest BCUT2D eigenvalue weighted by atomic mass is 19.1. The van der Waals surface area contributed by atoms with E-state index in [0.717, 1.165) is 0 Å². The zero-order valence-corrected chi connectivity index (χ0v) is 13.0. The van der Waals surface area contributed by atoms with Crippen molar-refractivity contribution in [3.63, 3.8) is 0 Å². The van der Waals surface area contributed by atoms with E-state index in [0.29, 0.717) is 5.70 Å². The van der Waals surface area contributed by atoms with E-state index in [4.69, 9.17) is 4.74 Å². The van der Waals surface area contributed by atoms with Crippen molar-refractivity contribution < 1.29 is 18.7 Å². The number of carbonyl (C=O) groups excluding carboxylic acids is 2. The van der Waals surface area contributed by atoms with Gasteiger partial charge in [-0.15, -0.1) is 0 Å². The van der Waals surface area contributed by atoms with Gasteiger partial charge in [0.2, 0.25) is 0 Å². The van der Waals surface area contributed by atoms with Crippen molar-refractivity contribution in [2.24, 2.45) is 0 Å². The van der Waals surface area contributed by atoms with Crippen LogP contribution in [0, 0.1) is 5.82 Å². The van der Waals surface area contributed by atoms with Crippen LogP contribution < -0.4 is 10.6 Å². The lowest BCUT2D eigenvalue weighted by Crippen LogP contribution is -2.46. The first-order valence-corrected chi connectivity index (χ1v) is 6.95. The molecule has 1 heterocycles. The fourth-order valence-corrected chi connectivity index (χ4v) is 2.24. The first-order valence-electron chi connectivity index (χ1n) is 6.95. The van der Waals surface area contributed by atoms with Crippen molar-refractivity contribution in [3.8, 4) is 0 Å². The van der Waals surface area contributed by atoms with Crippen LogP contribution >= 0.6 is 0 Å². The normalized spacial score (nSPS) is 18.6. The first kappa shape index (κ1) is 16.0. The standard InChI is InChI=1S/C16H19FN2O3/c1-9-12(14(20)22-16(2,3)4)13(19-15(21)18-9)10-7-5-6-8-11(10)17/h5-8,13H,1-4H3,(H2,18,19,21). The Morgan fingerprint density at radius 3 is 2.50 bits per heavy atom. The molecule has 0 aromatic heterocycles. The zero-order valence-electron chi connectivity index (χ0n) is 13.0. The SMILES string of the molecule is CC1=C(C(=O)OC(C)(C)C)C(c2ccccc2F)NC(=O)N1. The first-order chi connectivity index (χ1) is 10.2. The second-order valence-corrected chi connectivity index (χ2v) is 6.09. The maximum atomic E-state index is 14.1. The van der Waals surface area contributed by atoms with Crippen molar-refractivity contribution >= 4 is 12.0 Å². The number of ether oxygens (including phenoxy) is 1. The van der Waals surface area contributed by atoms with Crippen molar-refractivity contribution in [1.82, 2.24) is 10.6 Å². The van der Waals surface area contributed by atoms with Gasteiger partial charge in [0, 0.05) is 11.3 Å². The largest absolute Gasteiger partial charge is 0.456 e. The monoisotopic (exact) mass is 306 g/mol. The molecule has 6 heteroatoms. The van der Waals surface area contributed by atoms with Crippen LogP contribution in [0.1, 0.15) is 39.3 Å². The van der Waals surface area contributed by atoms with Crippen molar-refractivity contribution in [2.45, 2.75) is 39.3 Å². The van der Waals surface area contributed by atoms with Crippen molar-refractivity contribution in [3.05, 3.63) is 46.9 Å². The van der Waals surface area contributed by atoms with E-state index in [1.165, 1.54) is 12.1 Å². The van der Waals surface area contributed by atoms with E-state index in [9.17, 15) is 14.0 Å². The Labute approximate surface area is 128 Å². The van der Waals surface area contributed by atoms with Crippen LogP contribution in [0.3, 0.4) is 0 Å². The lowest BCUT2D eigenvalue weighted by molar-refractivity contribution is -0.150. The van der Waals surface area contributed by atoms with Crippen LogP contribution in [0.5, 0.6) is 0 Å². The molecule has 0 saturated heterocycles. The fraction of sp³-hybridized carbons (Fsp3) is 0.375. The molecule has 0 spiro atoms. The molecule has 2 amide bonds. The number of carbonyl (C=O) groups is 2. The van der Waals surface area contributed by atoms with Gasteiger partial charge in [0.05, 0.1) is 11.6 Å². The number of hydrogen-bond donors (Lipinski definition) is 2. The quantitative estimate of drug-likeness (QED) is 0.826. The van der Waals surface area contributed by atoms with Gasteiger partial charge in [-0.05, 0) is 33.8 Å². The molecular formula is C16H19FN2O3. The Kier molecular flexibility index (Phi) is 4.21. The molecule has 5 nitrogen and oxygen atoms in total. The van der Waals surface area contributed by atoms with Gasteiger partial charge in [0.1, 0.15) is 11.4 Å². The number of nitrogens with one attached hydrogen (secondary N) is 2. The molecule has 1 aromatic carbocycles.